The predicted molar refractivity (Wildman–Crippen MR) is 73.3 cm³/mol. The number of hydrogen-bond acceptors (Lipinski definition) is 3. The van der Waals surface area contributed by atoms with E-state index in [-0.39, 0.29) is 6.42 Å². The maximum absolute atomic E-state index is 11.4. The normalized spacial score (nSPS) is 23.9. The van der Waals surface area contributed by atoms with Crippen LogP contribution in [0.4, 0.5) is 0 Å². The molecular formula is C15H19NO4. The summed E-state index contributed by atoms with van der Waals surface area (Å²) in [6.45, 7) is 1.97. The molecule has 1 aromatic rings. The number of nitrogens with two attached hydrogens (primary N) is 1. The van der Waals surface area contributed by atoms with Gasteiger partial charge >= 0.3 is 11.9 Å². The van der Waals surface area contributed by atoms with Crippen LogP contribution in [0.5, 0.6) is 0 Å². The smallest absolute Gasteiger partial charge is 0.324 e. The highest BCUT2D eigenvalue weighted by atomic mass is 16.4. The van der Waals surface area contributed by atoms with Gasteiger partial charge in [-0.05, 0) is 31.7 Å². The Morgan fingerprint density at radius 1 is 1.40 bits per heavy atom. The molecule has 0 heterocycles. The van der Waals surface area contributed by atoms with E-state index in [1.54, 1.807) is 0 Å². The number of aliphatic carboxylic acids is 2. The van der Waals surface area contributed by atoms with Gasteiger partial charge in [0.1, 0.15) is 5.54 Å². The number of carboxylic acid groups (broad SMARTS) is 2. The van der Waals surface area contributed by atoms with Crippen LogP contribution >= 0.6 is 0 Å². The summed E-state index contributed by atoms with van der Waals surface area (Å²) in [5.41, 5.74) is 6.67. The van der Waals surface area contributed by atoms with Gasteiger partial charge in [0, 0.05) is 5.92 Å². The minimum absolute atomic E-state index is 0.250. The van der Waals surface area contributed by atoms with Gasteiger partial charge in [0.25, 0.3) is 0 Å². The lowest BCUT2D eigenvalue weighted by Gasteiger charge is -2.25. The number of benzene rings is 1. The number of rotatable bonds is 6. The second kappa shape index (κ2) is 5.25. The molecule has 0 radical (unpaired) electrons. The number of carbonyl (C=O) groups is 2. The average molecular weight is 277 g/mol. The topological polar surface area (TPSA) is 101 Å². The molecule has 0 amide bonds. The summed E-state index contributed by atoms with van der Waals surface area (Å²) in [5.74, 6) is -3.16. The first-order valence-electron chi connectivity index (χ1n) is 6.65. The molecule has 2 rings (SSSR count). The van der Waals surface area contributed by atoms with Crippen molar-refractivity contribution < 1.29 is 19.8 Å². The van der Waals surface area contributed by atoms with Gasteiger partial charge in [0.15, 0.2) is 0 Å². The largest absolute Gasteiger partial charge is 0.481 e. The first-order valence-corrected chi connectivity index (χ1v) is 6.65. The number of hydrogen-bond donors (Lipinski definition) is 3. The maximum Gasteiger partial charge on any atom is 0.324 e. The van der Waals surface area contributed by atoms with Crippen LogP contribution in [0.1, 0.15) is 24.0 Å². The Labute approximate surface area is 117 Å². The Balaban J connectivity index is 2.07. The molecule has 0 aliphatic heterocycles. The van der Waals surface area contributed by atoms with Crippen molar-refractivity contribution in [2.45, 2.75) is 31.7 Å². The van der Waals surface area contributed by atoms with E-state index in [0.29, 0.717) is 12.8 Å². The summed E-state index contributed by atoms with van der Waals surface area (Å²) in [5, 5.41) is 18.3. The molecule has 1 fully saturated rings. The molecular weight excluding hydrogens is 258 g/mol. The number of carboxylic acids is 2. The molecule has 4 N–H and O–H groups in total. The monoisotopic (exact) mass is 277 g/mol. The van der Waals surface area contributed by atoms with Gasteiger partial charge in [-0.1, -0.05) is 29.8 Å². The lowest BCUT2D eigenvalue weighted by atomic mass is 9.86. The molecule has 1 saturated carbocycles. The first-order chi connectivity index (χ1) is 9.34. The average Bonchev–Trinajstić information content (AvgIpc) is 3.16. The summed E-state index contributed by atoms with van der Waals surface area (Å²) in [6, 6.07) is 7.80. The molecule has 20 heavy (non-hydrogen) atoms. The van der Waals surface area contributed by atoms with Crippen LogP contribution in [0, 0.1) is 18.8 Å². The quantitative estimate of drug-likeness (QED) is 0.730. The minimum Gasteiger partial charge on any atom is -0.481 e. The third kappa shape index (κ3) is 2.82. The third-order valence-electron chi connectivity index (χ3n) is 4.08. The molecule has 1 aromatic carbocycles. The van der Waals surface area contributed by atoms with Crippen molar-refractivity contribution in [1.82, 2.24) is 0 Å². The molecule has 108 valence electrons. The molecule has 0 bridgehead atoms. The Bertz CT molecular complexity index is 542. The molecule has 3 atom stereocenters. The van der Waals surface area contributed by atoms with Crippen molar-refractivity contribution in [2.75, 3.05) is 0 Å². The summed E-state index contributed by atoms with van der Waals surface area (Å²) >= 11 is 0. The van der Waals surface area contributed by atoms with Gasteiger partial charge in [-0.15, -0.1) is 0 Å². The highest BCUT2D eigenvalue weighted by Crippen LogP contribution is 2.47. The zero-order valence-electron chi connectivity index (χ0n) is 11.4. The summed E-state index contributed by atoms with van der Waals surface area (Å²) in [7, 11) is 0. The minimum atomic E-state index is -1.45. The van der Waals surface area contributed by atoms with Crippen LogP contribution in [-0.4, -0.2) is 27.7 Å². The lowest BCUT2D eigenvalue weighted by Crippen LogP contribution is -2.51. The molecule has 5 nitrogen and oxygen atoms in total. The second-order valence-corrected chi connectivity index (χ2v) is 5.62. The molecule has 5 heteroatoms. The molecule has 0 unspecified atom stereocenters. The fourth-order valence-electron chi connectivity index (χ4n) is 2.71. The summed E-state index contributed by atoms with van der Waals surface area (Å²) in [4.78, 5) is 22.4. The van der Waals surface area contributed by atoms with Crippen molar-refractivity contribution in [1.29, 1.82) is 0 Å². The number of aryl methyl sites for hydroxylation is 2. The van der Waals surface area contributed by atoms with Gasteiger partial charge in [0.05, 0.1) is 5.92 Å². The van der Waals surface area contributed by atoms with E-state index < -0.39 is 29.3 Å². The first kappa shape index (κ1) is 14.5. The molecule has 0 aromatic heterocycles. The Morgan fingerprint density at radius 3 is 2.60 bits per heavy atom. The summed E-state index contributed by atoms with van der Waals surface area (Å²) < 4.78 is 0. The van der Waals surface area contributed by atoms with Gasteiger partial charge in [-0.2, -0.15) is 0 Å². The third-order valence-corrected chi connectivity index (χ3v) is 4.08. The molecule has 0 spiro atoms. The van der Waals surface area contributed by atoms with E-state index in [1.165, 1.54) is 0 Å². The van der Waals surface area contributed by atoms with Gasteiger partial charge in [-0.3, -0.25) is 9.59 Å². The SMILES string of the molecule is Cc1cccc(CC[C@](N)(C(=O)O)[C@@H]2C[C@H]2C(=O)O)c1. The standard InChI is InChI=1S/C15H19NO4/c1-9-3-2-4-10(7-9)5-6-15(16,14(19)20)12-8-11(12)13(17)18/h2-4,7,11-12H,5-6,8,16H2,1H3,(H,17,18)(H,19,20)/t11-,12-,15-/m1/s1. The van der Waals surface area contributed by atoms with Crippen molar-refractivity contribution in [3.63, 3.8) is 0 Å². The van der Waals surface area contributed by atoms with Crippen LogP contribution < -0.4 is 5.73 Å². The van der Waals surface area contributed by atoms with Crippen LogP contribution in [0.15, 0.2) is 24.3 Å². The van der Waals surface area contributed by atoms with Crippen molar-refractivity contribution >= 4 is 11.9 Å². The highest BCUT2D eigenvalue weighted by molar-refractivity contribution is 5.83. The predicted octanol–water partition coefficient (Wildman–Crippen LogP) is 1.43. The van der Waals surface area contributed by atoms with Gasteiger partial charge in [-0.25, -0.2) is 0 Å². The van der Waals surface area contributed by atoms with Crippen molar-refractivity contribution in [3.8, 4) is 0 Å². The van der Waals surface area contributed by atoms with Crippen LogP contribution in [-0.2, 0) is 16.0 Å². The maximum atomic E-state index is 11.4. The fourth-order valence-corrected chi connectivity index (χ4v) is 2.71. The van der Waals surface area contributed by atoms with Crippen LogP contribution in [0.3, 0.4) is 0 Å². The lowest BCUT2D eigenvalue weighted by molar-refractivity contribution is -0.145. The van der Waals surface area contributed by atoms with E-state index in [4.69, 9.17) is 10.8 Å². The van der Waals surface area contributed by atoms with E-state index in [9.17, 15) is 14.7 Å². The van der Waals surface area contributed by atoms with E-state index in [1.807, 2.05) is 31.2 Å². The van der Waals surface area contributed by atoms with Crippen LogP contribution in [0.2, 0.25) is 0 Å². The van der Waals surface area contributed by atoms with Crippen molar-refractivity contribution in [2.24, 2.45) is 17.6 Å². The molecule has 0 saturated heterocycles. The Kier molecular flexibility index (Phi) is 3.81. The molecule has 1 aliphatic carbocycles. The fraction of sp³-hybridized carbons (Fsp3) is 0.467. The molecule has 1 aliphatic rings. The Hall–Kier alpha value is -1.88. The summed E-state index contributed by atoms with van der Waals surface area (Å²) in [6.07, 6.45) is 1.14. The van der Waals surface area contributed by atoms with Gasteiger partial charge in [0.2, 0.25) is 0 Å². The van der Waals surface area contributed by atoms with Gasteiger partial charge < -0.3 is 15.9 Å². The van der Waals surface area contributed by atoms with Crippen molar-refractivity contribution in [3.05, 3.63) is 35.4 Å². The second-order valence-electron chi connectivity index (χ2n) is 5.62. The van der Waals surface area contributed by atoms with E-state index >= 15 is 0 Å². The highest BCUT2D eigenvalue weighted by Gasteiger charge is 2.57. The Morgan fingerprint density at radius 2 is 2.10 bits per heavy atom. The van der Waals surface area contributed by atoms with E-state index in [0.717, 1.165) is 11.1 Å². The van der Waals surface area contributed by atoms with Crippen LogP contribution in [0.25, 0.3) is 0 Å². The van der Waals surface area contributed by atoms with E-state index in [2.05, 4.69) is 0 Å². The zero-order chi connectivity index (χ0) is 14.9. The zero-order valence-corrected chi connectivity index (χ0v) is 11.4.